The topological polar surface area (TPSA) is 99.2 Å². The molecule has 0 saturated heterocycles. The van der Waals surface area contributed by atoms with E-state index in [0.29, 0.717) is 18.5 Å². The zero-order chi connectivity index (χ0) is 16.7. The van der Waals surface area contributed by atoms with E-state index in [1.54, 1.807) is 6.07 Å². The number of amidine groups is 1. The first-order chi connectivity index (χ1) is 10.2. The Balaban J connectivity index is 2.63. The van der Waals surface area contributed by atoms with Crippen LogP contribution in [0, 0.1) is 12.3 Å². The van der Waals surface area contributed by atoms with Crippen LogP contribution < -0.4 is 5.73 Å². The smallest absolute Gasteiger partial charge is 0.407 e. The van der Waals surface area contributed by atoms with E-state index in [2.05, 4.69) is 5.16 Å². The standard InChI is InChI=1S/C16H23N3O3/c1-9-10-7-8-19(15(20)21)13(16(2,3)4)12(10)6-5-11(9)14(17)18-22/h5-6,13,22H,7-8H2,1-4H3,(H2,17,18)(H,20,21). The van der Waals surface area contributed by atoms with Crippen LogP contribution in [0.2, 0.25) is 0 Å². The second-order valence-electron chi connectivity index (χ2n) is 6.79. The second kappa shape index (κ2) is 5.51. The number of rotatable bonds is 1. The molecule has 0 aliphatic carbocycles. The highest BCUT2D eigenvalue weighted by atomic mass is 16.4. The average molecular weight is 305 g/mol. The number of nitrogens with zero attached hydrogens (tertiary/aromatic N) is 2. The fourth-order valence-corrected chi connectivity index (χ4v) is 3.37. The second-order valence-corrected chi connectivity index (χ2v) is 6.79. The molecule has 1 atom stereocenters. The lowest BCUT2D eigenvalue weighted by molar-refractivity contribution is 0.0758. The van der Waals surface area contributed by atoms with Gasteiger partial charge >= 0.3 is 6.09 Å². The molecular formula is C16H23N3O3. The molecule has 1 aliphatic heterocycles. The molecule has 1 amide bonds. The lowest BCUT2D eigenvalue weighted by Gasteiger charge is -2.43. The summed E-state index contributed by atoms with van der Waals surface area (Å²) in [5, 5.41) is 21.5. The predicted molar refractivity (Wildman–Crippen MR) is 84.3 cm³/mol. The van der Waals surface area contributed by atoms with Crippen LogP contribution >= 0.6 is 0 Å². The van der Waals surface area contributed by atoms with Gasteiger partial charge in [-0.3, -0.25) is 0 Å². The normalized spacial score (nSPS) is 19.0. The van der Waals surface area contributed by atoms with Crippen molar-refractivity contribution in [3.63, 3.8) is 0 Å². The fourth-order valence-electron chi connectivity index (χ4n) is 3.37. The Morgan fingerprint density at radius 3 is 2.55 bits per heavy atom. The molecule has 6 heteroatoms. The van der Waals surface area contributed by atoms with Crippen molar-refractivity contribution in [2.75, 3.05) is 6.54 Å². The van der Waals surface area contributed by atoms with Gasteiger partial charge < -0.3 is 20.9 Å². The number of oxime groups is 1. The van der Waals surface area contributed by atoms with Gasteiger partial charge in [0.2, 0.25) is 0 Å². The van der Waals surface area contributed by atoms with Gasteiger partial charge in [0.1, 0.15) is 0 Å². The largest absolute Gasteiger partial charge is 0.465 e. The molecule has 1 aliphatic rings. The van der Waals surface area contributed by atoms with Gasteiger partial charge in [0, 0.05) is 12.1 Å². The Kier molecular flexibility index (Phi) is 4.04. The minimum Gasteiger partial charge on any atom is -0.465 e. The maximum absolute atomic E-state index is 11.6. The fraction of sp³-hybridized carbons (Fsp3) is 0.500. The summed E-state index contributed by atoms with van der Waals surface area (Å²) in [6.45, 7) is 8.49. The maximum atomic E-state index is 11.6. The van der Waals surface area contributed by atoms with E-state index in [4.69, 9.17) is 10.9 Å². The van der Waals surface area contributed by atoms with Crippen molar-refractivity contribution in [3.05, 3.63) is 34.4 Å². The quantitative estimate of drug-likeness (QED) is 0.321. The summed E-state index contributed by atoms with van der Waals surface area (Å²) in [6.07, 6.45) is -0.268. The molecule has 1 aromatic carbocycles. The molecule has 0 aromatic heterocycles. The number of hydrogen-bond acceptors (Lipinski definition) is 3. The molecule has 0 radical (unpaired) electrons. The van der Waals surface area contributed by atoms with Crippen molar-refractivity contribution in [3.8, 4) is 0 Å². The van der Waals surface area contributed by atoms with Crippen molar-refractivity contribution in [2.24, 2.45) is 16.3 Å². The summed E-state index contributed by atoms with van der Waals surface area (Å²) in [7, 11) is 0. The van der Waals surface area contributed by atoms with Gasteiger partial charge in [-0.1, -0.05) is 38.1 Å². The molecule has 120 valence electrons. The lowest BCUT2D eigenvalue weighted by atomic mass is 9.75. The van der Waals surface area contributed by atoms with Crippen LogP contribution in [-0.2, 0) is 6.42 Å². The molecule has 6 nitrogen and oxygen atoms in total. The summed E-state index contributed by atoms with van der Waals surface area (Å²) in [5.41, 5.74) is 9.25. The molecule has 1 unspecified atom stereocenters. The maximum Gasteiger partial charge on any atom is 0.407 e. The Bertz CT molecular complexity index is 632. The highest BCUT2D eigenvalue weighted by molar-refractivity contribution is 5.98. The predicted octanol–water partition coefficient (Wildman–Crippen LogP) is 2.71. The number of hydrogen-bond donors (Lipinski definition) is 3. The lowest BCUT2D eigenvalue weighted by Crippen LogP contribution is -2.45. The van der Waals surface area contributed by atoms with Crippen LogP contribution in [0.1, 0.15) is 49.1 Å². The molecular weight excluding hydrogens is 282 g/mol. The van der Waals surface area contributed by atoms with E-state index in [0.717, 1.165) is 16.7 Å². The third-order valence-corrected chi connectivity index (χ3v) is 4.29. The molecule has 22 heavy (non-hydrogen) atoms. The van der Waals surface area contributed by atoms with E-state index in [1.165, 1.54) is 4.90 Å². The number of carboxylic acid groups (broad SMARTS) is 1. The minimum atomic E-state index is -0.899. The SMILES string of the molecule is Cc1c(C(N)=NO)ccc2c1CCN(C(=O)O)C2C(C)(C)C. The minimum absolute atomic E-state index is 0.0771. The number of amides is 1. The van der Waals surface area contributed by atoms with Crippen molar-refractivity contribution < 1.29 is 15.1 Å². The van der Waals surface area contributed by atoms with Crippen molar-refractivity contribution in [1.29, 1.82) is 0 Å². The molecule has 0 fully saturated rings. The summed E-state index contributed by atoms with van der Waals surface area (Å²) in [5.74, 6) is 0.0771. The Labute approximate surface area is 130 Å². The highest BCUT2D eigenvalue weighted by Crippen LogP contribution is 2.43. The van der Waals surface area contributed by atoms with Gasteiger partial charge in [0.15, 0.2) is 5.84 Å². The highest BCUT2D eigenvalue weighted by Gasteiger charge is 2.39. The van der Waals surface area contributed by atoms with E-state index in [1.807, 2.05) is 33.8 Å². The van der Waals surface area contributed by atoms with Crippen molar-refractivity contribution in [1.82, 2.24) is 4.90 Å². The molecule has 0 spiro atoms. The van der Waals surface area contributed by atoms with Gasteiger partial charge in [0.05, 0.1) is 6.04 Å². The molecule has 1 heterocycles. The van der Waals surface area contributed by atoms with Crippen LogP contribution in [0.4, 0.5) is 4.79 Å². The van der Waals surface area contributed by atoms with Crippen LogP contribution in [-0.4, -0.2) is 33.7 Å². The number of nitrogens with two attached hydrogens (primary N) is 1. The first kappa shape index (κ1) is 16.1. The van der Waals surface area contributed by atoms with Crippen LogP contribution in [0.25, 0.3) is 0 Å². The van der Waals surface area contributed by atoms with E-state index >= 15 is 0 Å². The van der Waals surface area contributed by atoms with E-state index < -0.39 is 6.09 Å². The molecule has 0 bridgehead atoms. The zero-order valence-corrected chi connectivity index (χ0v) is 13.4. The molecule has 0 saturated carbocycles. The third kappa shape index (κ3) is 2.61. The monoisotopic (exact) mass is 305 g/mol. The molecule has 1 aromatic rings. The number of benzene rings is 1. The van der Waals surface area contributed by atoms with Gasteiger partial charge in [-0.15, -0.1) is 0 Å². The van der Waals surface area contributed by atoms with E-state index in [9.17, 15) is 9.90 Å². The Hall–Kier alpha value is -2.24. The van der Waals surface area contributed by atoms with Crippen LogP contribution in [0.3, 0.4) is 0 Å². The first-order valence-corrected chi connectivity index (χ1v) is 7.28. The first-order valence-electron chi connectivity index (χ1n) is 7.28. The van der Waals surface area contributed by atoms with Gasteiger partial charge in [0.25, 0.3) is 0 Å². The summed E-state index contributed by atoms with van der Waals surface area (Å²) in [4.78, 5) is 13.1. The summed E-state index contributed by atoms with van der Waals surface area (Å²) >= 11 is 0. The van der Waals surface area contributed by atoms with Gasteiger partial charge in [-0.05, 0) is 35.4 Å². The van der Waals surface area contributed by atoms with Crippen molar-refractivity contribution >= 4 is 11.9 Å². The van der Waals surface area contributed by atoms with Gasteiger partial charge in [-0.25, -0.2) is 4.79 Å². The van der Waals surface area contributed by atoms with Crippen LogP contribution in [0.15, 0.2) is 17.3 Å². The summed E-state index contributed by atoms with van der Waals surface area (Å²) in [6, 6.07) is 3.49. The zero-order valence-electron chi connectivity index (χ0n) is 13.4. The number of fused-ring (bicyclic) bond motifs is 1. The van der Waals surface area contributed by atoms with Crippen LogP contribution in [0.5, 0.6) is 0 Å². The third-order valence-electron chi connectivity index (χ3n) is 4.29. The van der Waals surface area contributed by atoms with Crippen molar-refractivity contribution in [2.45, 2.75) is 40.2 Å². The van der Waals surface area contributed by atoms with Gasteiger partial charge in [-0.2, -0.15) is 0 Å². The average Bonchev–Trinajstić information content (AvgIpc) is 2.44. The Morgan fingerprint density at radius 2 is 2.05 bits per heavy atom. The van der Waals surface area contributed by atoms with E-state index in [-0.39, 0.29) is 17.3 Å². The summed E-state index contributed by atoms with van der Waals surface area (Å²) < 4.78 is 0. The number of carbonyl (C=O) groups is 1. The molecule has 4 N–H and O–H groups in total. The Morgan fingerprint density at radius 1 is 1.41 bits per heavy atom. The molecule has 2 rings (SSSR count).